The van der Waals surface area contributed by atoms with Crippen molar-refractivity contribution >= 4 is 33.5 Å². The molecule has 4 rings (SSSR count). The Morgan fingerprint density at radius 2 is 2.07 bits per heavy atom. The number of anilines is 1. The van der Waals surface area contributed by atoms with Crippen LogP contribution in [-0.2, 0) is 0 Å². The van der Waals surface area contributed by atoms with Crippen LogP contribution in [0, 0.1) is 11.3 Å². The van der Waals surface area contributed by atoms with Gasteiger partial charge in [-0.3, -0.25) is 14.0 Å². The molecule has 0 aliphatic heterocycles. The van der Waals surface area contributed by atoms with Crippen molar-refractivity contribution in [2.45, 2.75) is 19.8 Å². The first-order chi connectivity index (χ1) is 13.6. The Morgan fingerprint density at radius 1 is 1.29 bits per heavy atom. The Kier molecular flexibility index (Phi) is 4.28. The van der Waals surface area contributed by atoms with Gasteiger partial charge in [0.15, 0.2) is 0 Å². The van der Waals surface area contributed by atoms with Gasteiger partial charge < -0.3 is 9.88 Å². The van der Waals surface area contributed by atoms with Crippen LogP contribution in [0.5, 0.6) is 0 Å². The van der Waals surface area contributed by atoms with Crippen molar-refractivity contribution in [2.75, 3.05) is 18.5 Å². The van der Waals surface area contributed by atoms with E-state index in [1.54, 1.807) is 24.3 Å². The number of hydrogen-bond acceptors (Lipinski definition) is 6. The molecule has 0 aliphatic rings. The fourth-order valence-corrected chi connectivity index (χ4v) is 3.29. The summed E-state index contributed by atoms with van der Waals surface area (Å²) in [6, 6.07) is 8.89. The SMILES string of the molecule is CCCCN(C)c1ncc2c(n1)c(=O)c(C#N)c1[nH]c3ccccc3c(=O)n12. The first-order valence-corrected chi connectivity index (χ1v) is 9.04. The number of hydrogen-bond donors (Lipinski definition) is 1. The first-order valence-electron chi connectivity index (χ1n) is 9.04. The predicted octanol–water partition coefficient (Wildman–Crippen LogP) is 2.19. The fourth-order valence-electron chi connectivity index (χ4n) is 3.29. The predicted molar refractivity (Wildman–Crippen MR) is 108 cm³/mol. The molecule has 4 aromatic rings. The molecule has 0 radical (unpaired) electrons. The van der Waals surface area contributed by atoms with E-state index < -0.39 is 5.43 Å². The number of unbranched alkanes of at least 4 members (excludes halogenated alkanes) is 1. The molecule has 1 N–H and O–H groups in total. The van der Waals surface area contributed by atoms with Gasteiger partial charge >= 0.3 is 0 Å². The molecule has 0 aliphatic carbocycles. The van der Waals surface area contributed by atoms with Gasteiger partial charge in [-0.1, -0.05) is 25.5 Å². The Hall–Kier alpha value is -3.73. The smallest absolute Gasteiger partial charge is 0.266 e. The summed E-state index contributed by atoms with van der Waals surface area (Å²) >= 11 is 0. The molecule has 0 bridgehead atoms. The highest BCUT2D eigenvalue weighted by Gasteiger charge is 2.18. The zero-order valence-corrected chi connectivity index (χ0v) is 15.6. The monoisotopic (exact) mass is 374 g/mol. The largest absolute Gasteiger partial charge is 0.344 e. The van der Waals surface area contributed by atoms with E-state index in [0.717, 1.165) is 19.4 Å². The molecule has 0 saturated carbocycles. The van der Waals surface area contributed by atoms with Gasteiger partial charge in [-0.05, 0) is 18.6 Å². The Balaban J connectivity index is 2.12. The topological polar surface area (TPSA) is 107 Å². The fraction of sp³-hybridized carbons (Fsp3) is 0.250. The Labute approximate surface area is 159 Å². The van der Waals surface area contributed by atoms with Crippen molar-refractivity contribution in [3.63, 3.8) is 0 Å². The minimum atomic E-state index is -0.518. The highest BCUT2D eigenvalue weighted by Crippen LogP contribution is 2.17. The van der Waals surface area contributed by atoms with Crippen LogP contribution in [0.3, 0.4) is 0 Å². The van der Waals surface area contributed by atoms with Crippen LogP contribution in [0.4, 0.5) is 5.95 Å². The molecule has 0 spiro atoms. The Morgan fingerprint density at radius 3 is 2.82 bits per heavy atom. The van der Waals surface area contributed by atoms with Crippen molar-refractivity contribution in [1.29, 1.82) is 5.26 Å². The first kappa shape index (κ1) is 17.7. The van der Waals surface area contributed by atoms with Gasteiger partial charge in [-0.25, -0.2) is 9.97 Å². The normalized spacial score (nSPS) is 11.2. The number of aromatic nitrogens is 4. The van der Waals surface area contributed by atoms with Gasteiger partial charge in [0.1, 0.15) is 22.8 Å². The number of H-pyrrole nitrogens is 1. The van der Waals surface area contributed by atoms with Crippen LogP contribution >= 0.6 is 0 Å². The summed E-state index contributed by atoms with van der Waals surface area (Å²) < 4.78 is 1.31. The van der Waals surface area contributed by atoms with Gasteiger partial charge in [0.25, 0.3) is 5.56 Å². The van der Waals surface area contributed by atoms with E-state index in [1.807, 2.05) is 18.0 Å². The second-order valence-electron chi connectivity index (χ2n) is 6.65. The van der Waals surface area contributed by atoms with Crippen molar-refractivity contribution in [1.82, 2.24) is 19.4 Å². The summed E-state index contributed by atoms with van der Waals surface area (Å²) in [5.41, 5.74) is 0.0505. The van der Waals surface area contributed by atoms with E-state index in [9.17, 15) is 14.9 Å². The van der Waals surface area contributed by atoms with Gasteiger partial charge in [0.2, 0.25) is 11.4 Å². The number of nitrogens with one attached hydrogen (secondary N) is 1. The molecule has 0 amide bonds. The molecule has 0 fully saturated rings. The number of nitrogens with zero attached hydrogens (tertiary/aromatic N) is 5. The number of aromatic amines is 1. The van der Waals surface area contributed by atoms with E-state index in [-0.39, 0.29) is 27.8 Å². The highest BCUT2D eigenvalue weighted by atomic mass is 16.1. The third-order valence-corrected chi connectivity index (χ3v) is 4.81. The van der Waals surface area contributed by atoms with Crippen LogP contribution in [-0.4, -0.2) is 32.9 Å². The van der Waals surface area contributed by atoms with Crippen LogP contribution in [0.25, 0.3) is 27.6 Å². The zero-order valence-electron chi connectivity index (χ0n) is 15.6. The second-order valence-corrected chi connectivity index (χ2v) is 6.65. The van der Waals surface area contributed by atoms with Crippen molar-refractivity contribution in [3.05, 3.63) is 56.6 Å². The lowest BCUT2D eigenvalue weighted by Crippen LogP contribution is -2.25. The van der Waals surface area contributed by atoms with E-state index in [2.05, 4.69) is 21.9 Å². The molecule has 3 heterocycles. The molecule has 0 unspecified atom stereocenters. The molecule has 1 aromatic carbocycles. The third kappa shape index (κ3) is 2.60. The number of fused-ring (bicyclic) bond motifs is 4. The number of nitriles is 1. The summed E-state index contributed by atoms with van der Waals surface area (Å²) in [6.45, 7) is 2.83. The van der Waals surface area contributed by atoms with Crippen molar-refractivity contribution in [2.24, 2.45) is 0 Å². The highest BCUT2D eigenvalue weighted by molar-refractivity contribution is 5.86. The average molecular weight is 374 g/mol. The van der Waals surface area contributed by atoms with E-state index in [1.165, 1.54) is 10.6 Å². The van der Waals surface area contributed by atoms with Gasteiger partial charge in [-0.15, -0.1) is 0 Å². The molecule has 3 aromatic heterocycles. The number of pyridine rings is 1. The maximum Gasteiger partial charge on any atom is 0.266 e. The molecule has 28 heavy (non-hydrogen) atoms. The molecular formula is C20H18N6O2. The molecule has 8 nitrogen and oxygen atoms in total. The standard InChI is InChI=1S/C20H18N6O2/c1-3-4-9-25(2)20-22-11-15-16(24-20)17(27)13(10-21)18-23-14-8-6-5-7-12(14)19(28)26(15)18/h5-8,11,23H,3-4,9H2,1-2H3. The van der Waals surface area contributed by atoms with Crippen molar-refractivity contribution < 1.29 is 0 Å². The zero-order chi connectivity index (χ0) is 19.8. The Bertz CT molecular complexity index is 1380. The van der Waals surface area contributed by atoms with Crippen LogP contribution in [0.2, 0.25) is 0 Å². The minimum Gasteiger partial charge on any atom is -0.344 e. The third-order valence-electron chi connectivity index (χ3n) is 4.81. The number of rotatable bonds is 4. The van der Waals surface area contributed by atoms with E-state index in [4.69, 9.17) is 0 Å². The minimum absolute atomic E-state index is 0.0585. The summed E-state index contributed by atoms with van der Waals surface area (Å²) in [5.74, 6) is 0.388. The molecule has 140 valence electrons. The van der Waals surface area contributed by atoms with E-state index >= 15 is 0 Å². The van der Waals surface area contributed by atoms with Crippen molar-refractivity contribution in [3.8, 4) is 6.07 Å². The van der Waals surface area contributed by atoms with Crippen LogP contribution in [0.1, 0.15) is 25.3 Å². The lowest BCUT2D eigenvalue weighted by molar-refractivity contribution is 0.751. The average Bonchev–Trinajstić information content (AvgIpc) is 2.72. The maximum absolute atomic E-state index is 13.1. The quantitative estimate of drug-likeness (QED) is 0.433. The van der Waals surface area contributed by atoms with Crippen LogP contribution in [0.15, 0.2) is 40.1 Å². The molecule has 8 heteroatoms. The molecular weight excluding hydrogens is 356 g/mol. The maximum atomic E-state index is 13.1. The van der Waals surface area contributed by atoms with Gasteiger partial charge in [-0.2, -0.15) is 5.26 Å². The summed E-state index contributed by atoms with van der Waals surface area (Å²) in [6.07, 6.45) is 3.45. The van der Waals surface area contributed by atoms with Gasteiger partial charge in [0.05, 0.1) is 22.6 Å². The number of benzene rings is 1. The van der Waals surface area contributed by atoms with E-state index in [0.29, 0.717) is 16.9 Å². The summed E-state index contributed by atoms with van der Waals surface area (Å²) in [7, 11) is 1.85. The lowest BCUT2D eigenvalue weighted by atomic mass is 10.2. The van der Waals surface area contributed by atoms with Gasteiger partial charge in [0, 0.05) is 13.6 Å². The lowest BCUT2D eigenvalue weighted by Gasteiger charge is -2.17. The molecule has 0 saturated heterocycles. The number of para-hydroxylation sites is 1. The summed E-state index contributed by atoms with van der Waals surface area (Å²) in [4.78, 5) is 39.7. The second kappa shape index (κ2) is 6.78. The molecule has 0 atom stereocenters. The van der Waals surface area contributed by atoms with Crippen LogP contribution < -0.4 is 15.9 Å². The summed E-state index contributed by atoms with van der Waals surface area (Å²) in [5, 5.41) is 10.0.